The highest BCUT2D eigenvalue weighted by molar-refractivity contribution is 6.53. The van der Waals surface area contributed by atoms with E-state index in [4.69, 9.17) is 25.8 Å². The van der Waals surface area contributed by atoms with Gasteiger partial charge in [-0.2, -0.15) is 0 Å². The van der Waals surface area contributed by atoms with Gasteiger partial charge in [0, 0.05) is 11.8 Å². The van der Waals surface area contributed by atoms with Crippen molar-refractivity contribution in [1.82, 2.24) is 0 Å². The Balaban J connectivity index is 1.52. The number of nitrogens with zero attached hydrogens (tertiary/aromatic N) is 1. The maximum Gasteiger partial charge on any atom is 0.343 e. The summed E-state index contributed by atoms with van der Waals surface area (Å²) in [6.45, 7) is 3.84. The number of methoxy groups -OCH3 is 2. The van der Waals surface area contributed by atoms with Crippen molar-refractivity contribution >= 4 is 40.8 Å². The van der Waals surface area contributed by atoms with Crippen LogP contribution in [0.1, 0.15) is 21.5 Å². The van der Waals surface area contributed by atoms with E-state index < -0.39 is 17.8 Å². The minimum atomic E-state index is -0.704. The molecule has 1 aliphatic heterocycles. The van der Waals surface area contributed by atoms with Gasteiger partial charge in [0.15, 0.2) is 0 Å². The third-order valence-corrected chi connectivity index (χ3v) is 5.80. The zero-order valence-corrected chi connectivity index (χ0v) is 20.8. The molecule has 0 aromatic heterocycles. The fourth-order valence-corrected chi connectivity index (χ4v) is 4.01. The normalized spacial score (nSPS) is 13.2. The second-order valence-electron chi connectivity index (χ2n) is 8.09. The molecule has 184 valence electrons. The number of rotatable bonds is 7. The second kappa shape index (κ2) is 10.1. The van der Waals surface area contributed by atoms with Gasteiger partial charge in [0.25, 0.3) is 11.8 Å². The van der Waals surface area contributed by atoms with E-state index in [0.717, 1.165) is 16.0 Å². The number of anilines is 2. The minimum Gasteiger partial charge on any atom is -0.497 e. The molecule has 2 amide bonds. The molecular formula is C27H23ClN2O6. The van der Waals surface area contributed by atoms with E-state index in [1.807, 2.05) is 19.9 Å². The third kappa shape index (κ3) is 4.89. The van der Waals surface area contributed by atoms with Crippen molar-refractivity contribution in [3.8, 4) is 17.2 Å². The number of hydrogen-bond donors (Lipinski definition) is 1. The number of ether oxygens (including phenoxy) is 3. The summed E-state index contributed by atoms with van der Waals surface area (Å²) in [5.74, 6) is -0.687. The van der Waals surface area contributed by atoms with Crippen LogP contribution < -0.4 is 24.4 Å². The summed E-state index contributed by atoms with van der Waals surface area (Å²) in [4.78, 5) is 39.5. The van der Waals surface area contributed by atoms with Crippen molar-refractivity contribution in [3.63, 3.8) is 0 Å². The van der Waals surface area contributed by atoms with Gasteiger partial charge in [-0.1, -0.05) is 17.7 Å². The molecule has 0 bridgehead atoms. The molecule has 1 N–H and O–H groups in total. The van der Waals surface area contributed by atoms with Gasteiger partial charge >= 0.3 is 5.97 Å². The molecule has 0 spiro atoms. The molecule has 1 aliphatic rings. The molecule has 0 aliphatic carbocycles. The Morgan fingerprint density at radius 1 is 0.833 bits per heavy atom. The fourth-order valence-electron chi connectivity index (χ4n) is 3.79. The molecular weight excluding hydrogens is 484 g/mol. The van der Waals surface area contributed by atoms with Gasteiger partial charge in [-0.15, -0.1) is 0 Å². The lowest BCUT2D eigenvalue weighted by atomic mass is 10.1. The third-order valence-electron chi connectivity index (χ3n) is 5.45. The molecule has 0 saturated carbocycles. The molecule has 4 rings (SSSR count). The average molecular weight is 507 g/mol. The summed E-state index contributed by atoms with van der Waals surface area (Å²) in [6.07, 6.45) is 0. The van der Waals surface area contributed by atoms with Crippen LogP contribution in [0.25, 0.3) is 0 Å². The summed E-state index contributed by atoms with van der Waals surface area (Å²) in [7, 11) is 2.90. The van der Waals surface area contributed by atoms with Crippen LogP contribution in [0.3, 0.4) is 0 Å². The van der Waals surface area contributed by atoms with Gasteiger partial charge in [-0.3, -0.25) is 9.59 Å². The molecule has 1 heterocycles. The molecule has 0 fully saturated rings. The van der Waals surface area contributed by atoms with Crippen molar-refractivity contribution in [2.24, 2.45) is 0 Å². The number of halogens is 1. The second-order valence-corrected chi connectivity index (χ2v) is 8.47. The zero-order valence-electron chi connectivity index (χ0n) is 20.0. The number of amides is 2. The lowest BCUT2D eigenvalue weighted by Gasteiger charge is -2.19. The van der Waals surface area contributed by atoms with Crippen molar-refractivity contribution in [2.75, 3.05) is 24.4 Å². The topological polar surface area (TPSA) is 94.2 Å². The van der Waals surface area contributed by atoms with Gasteiger partial charge in [0.1, 0.15) is 28.0 Å². The number of benzene rings is 3. The lowest BCUT2D eigenvalue weighted by molar-refractivity contribution is -0.120. The van der Waals surface area contributed by atoms with E-state index in [2.05, 4.69) is 5.32 Å². The average Bonchev–Trinajstić information content (AvgIpc) is 3.06. The van der Waals surface area contributed by atoms with Crippen LogP contribution >= 0.6 is 11.6 Å². The molecule has 3 aromatic rings. The first-order valence-corrected chi connectivity index (χ1v) is 11.3. The summed E-state index contributed by atoms with van der Waals surface area (Å²) < 4.78 is 16.0. The van der Waals surface area contributed by atoms with E-state index in [1.54, 1.807) is 48.5 Å². The van der Waals surface area contributed by atoms with Gasteiger partial charge in [-0.05, 0) is 73.5 Å². The quantitative estimate of drug-likeness (QED) is 0.274. The molecule has 3 aromatic carbocycles. The molecule has 0 atom stereocenters. The Bertz CT molecular complexity index is 1380. The standard InChI is InChI=1S/C27H23ClN2O6/c1-15-11-16(2)13-20(12-15)36-27(33)17-5-7-18(8-6-17)29-24-23(28)25(31)30(26(24)32)21-14-19(34-3)9-10-22(21)35-4/h5-14,29H,1-4H3. The smallest absolute Gasteiger partial charge is 0.343 e. The number of nitrogens with one attached hydrogen (secondary N) is 1. The monoisotopic (exact) mass is 506 g/mol. The number of imide groups is 1. The summed E-state index contributed by atoms with van der Waals surface area (Å²) in [5, 5.41) is 2.60. The first-order chi connectivity index (χ1) is 17.2. The maximum absolute atomic E-state index is 13.2. The highest BCUT2D eigenvalue weighted by atomic mass is 35.5. The van der Waals surface area contributed by atoms with Gasteiger partial charge in [0.2, 0.25) is 0 Å². The molecule has 8 nitrogen and oxygen atoms in total. The van der Waals surface area contributed by atoms with Crippen LogP contribution in [-0.2, 0) is 9.59 Å². The van der Waals surface area contributed by atoms with Gasteiger partial charge in [-0.25, -0.2) is 9.69 Å². The van der Waals surface area contributed by atoms with E-state index in [-0.39, 0.29) is 16.4 Å². The van der Waals surface area contributed by atoms with Crippen LogP contribution in [-0.4, -0.2) is 32.0 Å². The van der Waals surface area contributed by atoms with E-state index in [1.165, 1.54) is 20.3 Å². The van der Waals surface area contributed by atoms with Crippen molar-refractivity contribution in [2.45, 2.75) is 13.8 Å². The van der Waals surface area contributed by atoms with Crippen LogP contribution in [0.4, 0.5) is 11.4 Å². The summed E-state index contributed by atoms with van der Waals surface area (Å²) in [5.41, 5.74) is 2.84. The van der Waals surface area contributed by atoms with Crippen LogP contribution in [0, 0.1) is 13.8 Å². The van der Waals surface area contributed by atoms with Crippen LogP contribution in [0.5, 0.6) is 17.2 Å². The van der Waals surface area contributed by atoms with Crippen molar-refractivity contribution in [3.05, 3.63) is 88.1 Å². The zero-order chi connectivity index (χ0) is 26.0. The predicted octanol–water partition coefficient (Wildman–Crippen LogP) is 4.98. The van der Waals surface area contributed by atoms with Gasteiger partial charge in [0.05, 0.1) is 25.5 Å². The Kier molecular flexibility index (Phi) is 6.98. The molecule has 0 unspecified atom stereocenters. The molecule has 0 radical (unpaired) electrons. The largest absolute Gasteiger partial charge is 0.497 e. The number of carbonyl (C=O) groups is 3. The van der Waals surface area contributed by atoms with Crippen LogP contribution in [0.2, 0.25) is 0 Å². The maximum atomic E-state index is 13.2. The Hall–Kier alpha value is -4.30. The molecule has 9 heteroatoms. The highest BCUT2D eigenvalue weighted by Crippen LogP contribution is 2.38. The van der Waals surface area contributed by atoms with E-state index in [0.29, 0.717) is 28.5 Å². The summed E-state index contributed by atoms with van der Waals surface area (Å²) >= 11 is 6.24. The van der Waals surface area contributed by atoms with Crippen molar-refractivity contribution in [1.29, 1.82) is 0 Å². The number of hydrogen-bond acceptors (Lipinski definition) is 7. The minimum absolute atomic E-state index is 0.0999. The van der Waals surface area contributed by atoms with E-state index in [9.17, 15) is 14.4 Å². The fraction of sp³-hybridized carbons (Fsp3) is 0.148. The highest BCUT2D eigenvalue weighted by Gasteiger charge is 2.40. The Morgan fingerprint density at radius 2 is 1.50 bits per heavy atom. The predicted molar refractivity (Wildman–Crippen MR) is 136 cm³/mol. The number of carbonyl (C=O) groups excluding carboxylic acids is 3. The van der Waals surface area contributed by atoms with Crippen molar-refractivity contribution < 1.29 is 28.6 Å². The van der Waals surface area contributed by atoms with E-state index >= 15 is 0 Å². The Morgan fingerprint density at radius 3 is 2.11 bits per heavy atom. The number of aryl methyl sites for hydroxylation is 2. The first-order valence-electron chi connectivity index (χ1n) is 10.9. The lowest BCUT2D eigenvalue weighted by Crippen LogP contribution is -2.32. The first kappa shape index (κ1) is 24.8. The summed E-state index contributed by atoms with van der Waals surface area (Å²) in [6, 6.07) is 16.6. The molecule has 0 saturated heterocycles. The number of esters is 1. The Labute approximate surface area is 213 Å². The molecule has 36 heavy (non-hydrogen) atoms. The SMILES string of the molecule is COc1ccc(OC)c(N2C(=O)C(Cl)=C(Nc3ccc(C(=O)Oc4cc(C)cc(C)c4)cc3)C2=O)c1. The van der Waals surface area contributed by atoms with Gasteiger partial charge < -0.3 is 19.5 Å². The van der Waals surface area contributed by atoms with Crippen LogP contribution in [0.15, 0.2) is 71.4 Å².